The Morgan fingerprint density at radius 2 is 1.74 bits per heavy atom. The summed E-state index contributed by atoms with van der Waals surface area (Å²) < 4.78 is 7.15. The molecule has 200 valence electrons. The number of aryl methyl sites for hydroxylation is 2. The maximum Gasteiger partial charge on any atom is 0.252 e. The molecule has 39 heavy (non-hydrogen) atoms. The van der Waals surface area contributed by atoms with Gasteiger partial charge in [-0.3, -0.25) is 9.69 Å². The summed E-state index contributed by atoms with van der Waals surface area (Å²) in [6, 6.07) is 24.4. The Balaban J connectivity index is 1.51. The molecule has 0 aliphatic carbocycles. The lowest BCUT2D eigenvalue weighted by Crippen LogP contribution is -2.32. The first-order valence-electron chi connectivity index (χ1n) is 13.2. The van der Waals surface area contributed by atoms with Crippen LogP contribution in [0.5, 0.6) is 5.75 Å². The number of ether oxygens (including phenoxy) is 1. The van der Waals surface area contributed by atoms with Gasteiger partial charge in [0.05, 0.1) is 25.2 Å². The average molecular weight is 523 g/mol. The third-order valence-electron chi connectivity index (χ3n) is 7.15. The lowest BCUT2D eigenvalue weighted by molar-refractivity contribution is 0.161. The summed E-state index contributed by atoms with van der Waals surface area (Å²) in [5.41, 5.74) is 6.01. The number of H-pyrrole nitrogens is 1. The summed E-state index contributed by atoms with van der Waals surface area (Å²) >= 11 is 0. The number of aromatic amines is 1. The fourth-order valence-corrected chi connectivity index (χ4v) is 5.23. The van der Waals surface area contributed by atoms with Crippen LogP contribution in [-0.2, 0) is 19.6 Å². The smallest absolute Gasteiger partial charge is 0.252 e. The van der Waals surface area contributed by atoms with Crippen LogP contribution in [0, 0.1) is 13.8 Å². The van der Waals surface area contributed by atoms with Crippen LogP contribution in [0.1, 0.15) is 53.0 Å². The largest absolute Gasteiger partial charge is 0.497 e. The molecular formula is C31H34N6O2. The number of fused-ring (bicyclic) bond motifs is 1. The zero-order valence-corrected chi connectivity index (χ0v) is 22.9. The van der Waals surface area contributed by atoms with Gasteiger partial charge in [0.15, 0.2) is 5.82 Å². The van der Waals surface area contributed by atoms with Gasteiger partial charge < -0.3 is 9.72 Å². The third-order valence-corrected chi connectivity index (χ3v) is 7.15. The van der Waals surface area contributed by atoms with Crippen LogP contribution in [0.25, 0.3) is 10.9 Å². The van der Waals surface area contributed by atoms with E-state index in [1.165, 1.54) is 5.56 Å². The molecule has 0 amide bonds. The Bertz CT molecular complexity index is 1610. The van der Waals surface area contributed by atoms with E-state index in [1.807, 2.05) is 60.1 Å². The molecule has 0 aliphatic heterocycles. The maximum atomic E-state index is 13.3. The van der Waals surface area contributed by atoms with Gasteiger partial charge >= 0.3 is 0 Å². The van der Waals surface area contributed by atoms with Crippen molar-refractivity contribution in [3.8, 4) is 5.75 Å². The number of tetrazole rings is 1. The van der Waals surface area contributed by atoms with Crippen molar-refractivity contribution < 1.29 is 4.74 Å². The van der Waals surface area contributed by atoms with Gasteiger partial charge in [0.25, 0.3) is 5.56 Å². The third kappa shape index (κ3) is 5.91. The highest BCUT2D eigenvalue weighted by molar-refractivity contribution is 5.82. The van der Waals surface area contributed by atoms with Crippen LogP contribution in [0.3, 0.4) is 0 Å². The van der Waals surface area contributed by atoms with E-state index in [2.05, 4.69) is 63.5 Å². The van der Waals surface area contributed by atoms with E-state index in [0.29, 0.717) is 19.6 Å². The van der Waals surface area contributed by atoms with Crippen LogP contribution >= 0.6 is 0 Å². The van der Waals surface area contributed by atoms with Crippen molar-refractivity contribution >= 4 is 10.9 Å². The fourth-order valence-electron chi connectivity index (χ4n) is 5.23. The summed E-state index contributed by atoms with van der Waals surface area (Å²) in [7, 11) is 1.66. The highest BCUT2D eigenvalue weighted by Gasteiger charge is 2.26. The van der Waals surface area contributed by atoms with E-state index in [1.54, 1.807) is 7.11 Å². The number of benzene rings is 3. The van der Waals surface area contributed by atoms with E-state index < -0.39 is 0 Å². The van der Waals surface area contributed by atoms with Crippen LogP contribution < -0.4 is 10.3 Å². The highest BCUT2D eigenvalue weighted by Crippen LogP contribution is 2.27. The number of hydrogen-bond acceptors (Lipinski definition) is 6. The zero-order chi connectivity index (χ0) is 27.4. The van der Waals surface area contributed by atoms with Crippen molar-refractivity contribution in [3.05, 3.63) is 117 Å². The maximum absolute atomic E-state index is 13.3. The molecule has 8 nitrogen and oxygen atoms in total. The summed E-state index contributed by atoms with van der Waals surface area (Å²) in [4.78, 5) is 18.7. The molecule has 0 bridgehead atoms. The molecule has 0 spiro atoms. The second-order valence-electron chi connectivity index (χ2n) is 10.0. The normalized spacial score (nSPS) is 12.2. The summed E-state index contributed by atoms with van der Waals surface area (Å²) in [5.74, 6) is 1.58. The Hall–Kier alpha value is -4.30. The zero-order valence-electron chi connectivity index (χ0n) is 22.9. The van der Waals surface area contributed by atoms with E-state index in [9.17, 15) is 4.79 Å². The molecular weight excluding hydrogens is 488 g/mol. The Labute approximate surface area is 228 Å². The van der Waals surface area contributed by atoms with E-state index in [4.69, 9.17) is 4.74 Å². The predicted octanol–water partition coefficient (Wildman–Crippen LogP) is 5.34. The molecule has 0 saturated heterocycles. The Morgan fingerprint density at radius 3 is 2.46 bits per heavy atom. The molecule has 3 aromatic carbocycles. The molecule has 1 N–H and O–H groups in total. The quantitative estimate of drug-likeness (QED) is 0.266. The van der Waals surface area contributed by atoms with Gasteiger partial charge in [-0.2, -0.15) is 0 Å². The number of aromatic nitrogens is 5. The van der Waals surface area contributed by atoms with Crippen LogP contribution in [0.4, 0.5) is 0 Å². The minimum atomic E-state index is -0.104. The highest BCUT2D eigenvalue weighted by atomic mass is 16.5. The molecule has 0 aliphatic rings. The summed E-state index contributed by atoms with van der Waals surface area (Å²) in [6.45, 7) is 7.89. The van der Waals surface area contributed by atoms with Crippen molar-refractivity contribution in [1.82, 2.24) is 30.1 Å². The number of pyridine rings is 1. The Morgan fingerprint density at radius 1 is 0.974 bits per heavy atom. The minimum Gasteiger partial charge on any atom is -0.497 e. The molecule has 0 fully saturated rings. The molecule has 2 aromatic heterocycles. The van der Waals surface area contributed by atoms with Gasteiger partial charge in [0.2, 0.25) is 0 Å². The van der Waals surface area contributed by atoms with Crippen molar-refractivity contribution in [3.63, 3.8) is 0 Å². The SMILES string of the molecule is CC[C@H](c1nnnn1Cc1ccc(OC)cc1)N(Cc1ccccc1)Cc1cc2cc(C)cc(C)c2[nH]c1=O. The molecule has 5 aromatic rings. The van der Waals surface area contributed by atoms with Gasteiger partial charge in [-0.15, -0.1) is 5.10 Å². The van der Waals surface area contributed by atoms with E-state index >= 15 is 0 Å². The lowest BCUT2D eigenvalue weighted by Gasteiger charge is -2.30. The molecule has 8 heteroatoms. The summed E-state index contributed by atoms with van der Waals surface area (Å²) in [5, 5.41) is 13.9. The van der Waals surface area contributed by atoms with Crippen molar-refractivity contribution in [2.45, 2.75) is 52.9 Å². The second-order valence-corrected chi connectivity index (χ2v) is 10.0. The van der Waals surface area contributed by atoms with E-state index in [0.717, 1.165) is 51.2 Å². The first-order valence-corrected chi connectivity index (χ1v) is 13.2. The summed E-state index contributed by atoms with van der Waals surface area (Å²) in [6.07, 6.45) is 0.777. The topological polar surface area (TPSA) is 88.9 Å². The first kappa shape index (κ1) is 26.3. The number of methoxy groups -OCH3 is 1. The predicted molar refractivity (Wildman–Crippen MR) is 153 cm³/mol. The van der Waals surface area contributed by atoms with E-state index in [-0.39, 0.29) is 11.6 Å². The second kappa shape index (κ2) is 11.6. The molecule has 0 unspecified atom stereocenters. The minimum absolute atomic E-state index is 0.0693. The monoisotopic (exact) mass is 522 g/mol. The molecule has 1 atom stereocenters. The van der Waals surface area contributed by atoms with Gasteiger partial charge in [-0.1, -0.05) is 61.0 Å². The van der Waals surface area contributed by atoms with Crippen LogP contribution in [0.2, 0.25) is 0 Å². The fraction of sp³-hybridized carbons (Fsp3) is 0.290. The van der Waals surface area contributed by atoms with Crippen LogP contribution in [-0.4, -0.2) is 37.2 Å². The molecule has 2 heterocycles. The first-order chi connectivity index (χ1) is 18.9. The standard InChI is InChI=1S/C31H34N6O2/c1-5-28(30-33-34-35-37(30)19-24-11-13-27(39-4)14-12-24)36(18-23-9-7-6-8-10-23)20-26-17-25-16-21(2)15-22(3)29(25)32-31(26)38/h6-17,28H,5,18-20H2,1-4H3,(H,32,38)/t28-/m1/s1. The number of hydrogen-bond donors (Lipinski definition) is 1. The van der Waals surface area contributed by atoms with Gasteiger partial charge in [0, 0.05) is 18.7 Å². The van der Waals surface area contributed by atoms with Crippen LogP contribution in [0.15, 0.2) is 77.6 Å². The van der Waals surface area contributed by atoms with Gasteiger partial charge in [-0.05, 0) is 77.0 Å². The Kier molecular flexibility index (Phi) is 7.84. The number of nitrogens with one attached hydrogen (secondary N) is 1. The molecule has 5 rings (SSSR count). The number of rotatable bonds is 10. The van der Waals surface area contributed by atoms with Gasteiger partial charge in [0.1, 0.15) is 5.75 Å². The van der Waals surface area contributed by atoms with Crippen molar-refractivity contribution in [1.29, 1.82) is 0 Å². The van der Waals surface area contributed by atoms with Crippen molar-refractivity contribution in [2.24, 2.45) is 0 Å². The molecule has 0 saturated carbocycles. The lowest BCUT2D eigenvalue weighted by atomic mass is 10.0. The average Bonchev–Trinajstić information content (AvgIpc) is 3.38. The van der Waals surface area contributed by atoms with Gasteiger partial charge in [-0.25, -0.2) is 4.68 Å². The number of nitrogens with zero attached hydrogens (tertiary/aromatic N) is 5. The molecule has 0 radical (unpaired) electrons. The van der Waals surface area contributed by atoms with Crippen molar-refractivity contribution in [2.75, 3.05) is 7.11 Å².